The topological polar surface area (TPSA) is 86.8 Å². The fourth-order valence-electron chi connectivity index (χ4n) is 3.22. The molecule has 2 rings (SSSR count). The summed E-state index contributed by atoms with van der Waals surface area (Å²) in [4.78, 5) is 27.6. The van der Waals surface area contributed by atoms with E-state index >= 15 is 0 Å². The Kier molecular flexibility index (Phi) is 9.82. The molecule has 11 heteroatoms. The molecule has 0 aliphatic heterocycles. The lowest BCUT2D eigenvalue weighted by Crippen LogP contribution is -2.52. The van der Waals surface area contributed by atoms with Gasteiger partial charge in [-0.05, 0) is 69.2 Å². The SMILES string of the molecule is Cc1cc(N(CC(=O)N(Cc2ccc(Cl)c(Cl)c2)[C@H](C)C(=O)NC(C)C)S(C)(=O)=O)ccc1Br. The maximum absolute atomic E-state index is 13.5. The van der Waals surface area contributed by atoms with Crippen molar-refractivity contribution in [2.24, 2.45) is 0 Å². The number of nitrogens with zero attached hydrogens (tertiary/aromatic N) is 2. The third kappa shape index (κ3) is 7.60. The fraction of sp³-hybridized carbons (Fsp3) is 0.391. The summed E-state index contributed by atoms with van der Waals surface area (Å²) in [5.41, 5.74) is 1.82. The number of sulfonamides is 1. The van der Waals surface area contributed by atoms with E-state index in [2.05, 4.69) is 21.2 Å². The minimum Gasteiger partial charge on any atom is -0.352 e. The molecule has 7 nitrogen and oxygen atoms in total. The van der Waals surface area contributed by atoms with Crippen molar-refractivity contribution in [3.8, 4) is 0 Å². The van der Waals surface area contributed by atoms with Crippen molar-refractivity contribution >= 4 is 66.7 Å². The predicted molar refractivity (Wildman–Crippen MR) is 141 cm³/mol. The minimum atomic E-state index is -3.79. The number of nitrogens with one attached hydrogen (secondary N) is 1. The summed E-state index contributed by atoms with van der Waals surface area (Å²) in [5.74, 6) is -0.891. The van der Waals surface area contributed by atoms with Gasteiger partial charge in [-0.2, -0.15) is 0 Å². The molecule has 2 aromatic rings. The van der Waals surface area contributed by atoms with Crippen molar-refractivity contribution in [1.82, 2.24) is 10.2 Å². The normalized spacial score (nSPS) is 12.4. The predicted octanol–water partition coefficient (Wildman–Crippen LogP) is 4.77. The van der Waals surface area contributed by atoms with Gasteiger partial charge >= 0.3 is 0 Å². The minimum absolute atomic E-state index is 0.0410. The highest BCUT2D eigenvalue weighted by atomic mass is 79.9. The molecule has 2 aromatic carbocycles. The van der Waals surface area contributed by atoms with Crippen molar-refractivity contribution in [3.63, 3.8) is 0 Å². The molecule has 0 saturated heterocycles. The summed E-state index contributed by atoms with van der Waals surface area (Å²) in [7, 11) is -3.79. The summed E-state index contributed by atoms with van der Waals surface area (Å²) >= 11 is 15.5. The molecule has 0 saturated carbocycles. The Morgan fingerprint density at radius 3 is 2.24 bits per heavy atom. The Hall–Kier alpha value is -1.81. The molecule has 186 valence electrons. The third-order valence-corrected chi connectivity index (χ3v) is 7.81. The van der Waals surface area contributed by atoms with E-state index in [9.17, 15) is 18.0 Å². The molecule has 0 unspecified atom stereocenters. The Labute approximate surface area is 219 Å². The number of hydrogen-bond donors (Lipinski definition) is 1. The molecule has 0 aliphatic rings. The Morgan fingerprint density at radius 1 is 1.06 bits per heavy atom. The molecule has 1 atom stereocenters. The van der Waals surface area contributed by atoms with Crippen LogP contribution in [0, 0.1) is 6.92 Å². The van der Waals surface area contributed by atoms with E-state index in [-0.39, 0.29) is 18.5 Å². The summed E-state index contributed by atoms with van der Waals surface area (Å²) in [6.07, 6.45) is 1.04. The van der Waals surface area contributed by atoms with Crippen molar-refractivity contribution in [2.75, 3.05) is 17.1 Å². The van der Waals surface area contributed by atoms with Crippen LogP contribution in [0.15, 0.2) is 40.9 Å². The largest absolute Gasteiger partial charge is 0.352 e. The van der Waals surface area contributed by atoms with Crippen LogP contribution in [0.4, 0.5) is 5.69 Å². The molecule has 0 fully saturated rings. The van der Waals surface area contributed by atoms with Gasteiger partial charge in [-0.3, -0.25) is 13.9 Å². The highest BCUT2D eigenvalue weighted by Gasteiger charge is 2.30. The molecule has 0 aliphatic carbocycles. The second-order valence-electron chi connectivity index (χ2n) is 8.31. The summed E-state index contributed by atoms with van der Waals surface area (Å²) in [5, 5.41) is 3.47. The molecule has 1 N–H and O–H groups in total. The molecule has 0 bridgehead atoms. The monoisotopic (exact) mass is 591 g/mol. The quantitative estimate of drug-likeness (QED) is 0.454. The van der Waals surface area contributed by atoms with Crippen LogP contribution in [0.3, 0.4) is 0 Å². The van der Waals surface area contributed by atoms with Crippen LogP contribution in [0.5, 0.6) is 0 Å². The van der Waals surface area contributed by atoms with Crippen molar-refractivity contribution in [1.29, 1.82) is 0 Å². The van der Waals surface area contributed by atoms with Crippen molar-refractivity contribution in [2.45, 2.75) is 46.3 Å². The van der Waals surface area contributed by atoms with Crippen LogP contribution < -0.4 is 9.62 Å². The number of aryl methyl sites for hydroxylation is 1. The van der Waals surface area contributed by atoms with Gasteiger partial charge in [-0.25, -0.2) is 8.42 Å². The molecule has 0 heterocycles. The van der Waals surface area contributed by atoms with Gasteiger partial charge in [0.25, 0.3) is 0 Å². The van der Waals surface area contributed by atoms with Gasteiger partial charge in [0.2, 0.25) is 21.8 Å². The van der Waals surface area contributed by atoms with Crippen molar-refractivity contribution in [3.05, 3.63) is 62.0 Å². The maximum atomic E-state index is 13.5. The summed E-state index contributed by atoms with van der Waals surface area (Å²) < 4.78 is 27.1. The maximum Gasteiger partial charge on any atom is 0.244 e. The van der Waals surface area contributed by atoms with Gasteiger partial charge in [0.1, 0.15) is 12.6 Å². The molecule has 0 aromatic heterocycles. The second kappa shape index (κ2) is 11.7. The van der Waals surface area contributed by atoms with E-state index in [1.807, 2.05) is 20.8 Å². The van der Waals surface area contributed by atoms with Crippen LogP contribution in [-0.4, -0.2) is 50.0 Å². The van der Waals surface area contributed by atoms with Crippen molar-refractivity contribution < 1.29 is 18.0 Å². The van der Waals surface area contributed by atoms with Gasteiger partial charge in [0.05, 0.1) is 22.0 Å². The lowest BCUT2D eigenvalue weighted by molar-refractivity contribution is -0.139. The van der Waals surface area contributed by atoms with E-state index in [0.29, 0.717) is 21.3 Å². The first kappa shape index (κ1) is 28.4. The van der Waals surface area contributed by atoms with Gasteiger partial charge in [-0.15, -0.1) is 0 Å². The smallest absolute Gasteiger partial charge is 0.244 e. The first-order valence-corrected chi connectivity index (χ1v) is 13.9. The van der Waals surface area contributed by atoms with Gasteiger partial charge < -0.3 is 10.2 Å². The van der Waals surface area contributed by atoms with E-state index < -0.39 is 28.5 Å². The van der Waals surface area contributed by atoms with E-state index in [4.69, 9.17) is 23.2 Å². The summed E-state index contributed by atoms with van der Waals surface area (Å²) in [6, 6.07) is 8.94. The number of halogens is 3. The molecule has 2 amide bonds. The Morgan fingerprint density at radius 2 is 1.71 bits per heavy atom. The number of carbonyl (C=O) groups excluding carboxylic acids is 2. The molecule has 0 spiro atoms. The molecule has 0 radical (unpaired) electrons. The summed E-state index contributed by atoms with van der Waals surface area (Å²) in [6.45, 7) is 6.63. The zero-order chi connectivity index (χ0) is 25.8. The number of amides is 2. The number of carbonyl (C=O) groups is 2. The lowest BCUT2D eigenvalue weighted by atomic mass is 10.1. The first-order chi connectivity index (χ1) is 15.7. The van der Waals surface area contributed by atoms with Crippen LogP contribution in [0.25, 0.3) is 0 Å². The number of hydrogen-bond acceptors (Lipinski definition) is 4. The number of rotatable bonds is 9. The molecular formula is C23H28BrCl2N3O4S. The van der Waals surface area contributed by atoms with Crippen LogP contribution in [0.2, 0.25) is 10.0 Å². The van der Waals surface area contributed by atoms with Gasteiger partial charge in [0.15, 0.2) is 0 Å². The van der Waals surface area contributed by atoms with E-state index in [0.717, 1.165) is 20.6 Å². The molecular weight excluding hydrogens is 565 g/mol. The third-order valence-electron chi connectivity index (χ3n) is 5.04. The standard InChI is InChI=1S/C23H28BrCl2N3O4S/c1-14(2)27-23(31)16(4)28(12-17-6-9-20(25)21(26)11-17)22(30)13-29(34(5,32)33)18-7-8-19(24)15(3)10-18/h6-11,14,16H,12-13H2,1-5H3,(H,27,31)/t16-/m1/s1. The highest BCUT2D eigenvalue weighted by molar-refractivity contribution is 9.10. The number of anilines is 1. The Bertz CT molecular complexity index is 1170. The number of benzene rings is 2. The van der Waals surface area contributed by atoms with Gasteiger partial charge in [0, 0.05) is 17.1 Å². The van der Waals surface area contributed by atoms with Gasteiger partial charge in [-0.1, -0.05) is 45.2 Å². The highest BCUT2D eigenvalue weighted by Crippen LogP contribution is 2.26. The Balaban J connectivity index is 2.43. The lowest BCUT2D eigenvalue weighted by Gasteiger charge is -2.32. The van der Waals surface area contributed by atoms with Crippen LogP contribution in [-0.2, 0) is 26.2 Å². The zero-order valence-electron chi connectivity index (χ0n) is 19.6. The zero-order valence-corrected chi connectivity index (χ0v) is 23.5. The fourth-order valence-corrected chi connectivity index (χ4v) is 4.63. The first-order valence-electron chi connectivity index (χ1n) is 10.5. The second-order valence-corrected chi connectivity index (χ2v) is 11.9. The molecule has 34 heavy (non-hydrogen) atoms. The van der Waals surface area contributed by atoms with Crippen LogP contribution >= 0.6 is 39.1 Å². The van der Waals surface area contributed by atoms with E-state index in [1.54, 1.807) is 43.3 Å². The van der Waals surface area contributed by atoms with E-state index in [1.165, 1.54) is 4.90 Å². The van der Waals surface area contributed by atoms with Crippen LogP contribution in [0.1, 0.15) is 31.9 Å². The average molecular weight is 593 g/mol. The average Bonchev–Trinajstić information content (AvgIpc) is 2.72.